The summed E-state index contributed by atoms with van der Waals surface area (Å²) in [4.78, 5) is 44.0. The molecule has 0 aliphatic heterocycles. The van der Waals surface area contributed by atoms with Gasteiger partial charge in [0.2, 0.25) is 5.91 Å². The van der Waals surface area contributed by atoms with Crippen molar-refractivity contribution in [1.82, 2.24) is 19.1 Å². The molecule has 0 spiro atoms. The van der Waals surface area contributed by atoms with Crippen molar-refractivity contribution in [2.75, 3.05) is 5.75 Å². The van der Waals surface area contributed by atoms with Crippen LogP contribution in [0.1, 0.15) is 32.1 Å². The lowest BCUT2D eigenvalue weighted by molar-refractivity contribution is -0.118. The third kappa shape index (κ3) is 5.36. The van der Waals surface area contributed by atoms with Crippen LogP contribution in [0.2, 0.25) is 0 Å². The Balaban J connectivity index is 1.46. The number of hydrogen-bond donors (Lipinski definition) is 2. The molecule has 0 aliphatic carbocycles. The van der Waals surface area contributed by atoms with Gasteiger partial charge < -0.3 is 10.7 Å². The van der Waals surface area contributed by atoms with Crippen molar-refractivity contribution in [1.29, 1.82) is 0 Å². The van der Waals surface area contributed by atoms with E-state index in [1.54, 1.807) is 15.2 Å². The number of fused-ring (bicyclic) bond motifs is 2. The number of imidazole rings is 1. The van der Waals surface area contributed by atoms with Gasteiger partial charge in [-0.15, -0.1) is 0 Å². The Morgan fingerprint density at radius 3 is 2.55 bits per heavy atom. The van der Waals surface area contributed by atoms with E-state index in [2.05, 4.69) is 4.98 Å². The van der Waals surface area contributed by atoms with Gasteiger partial charge in [0, 0.05) is 25.3 Å². The summed E-state index contributed by atoms with van der Waals surface area (Å²) in [5.41, 5.74) is 7.45. The number of primary amides is 1. The van der Waals surface area contributed by atoms with Crippen molar-refractivity contribution < 1.29 is 4.79 Å². The molecule has 1 amide bonds. The van der Waals surface area contributed by atoms with Gasteiger partial charge in [0.15, 0.2) is 5.16 Å². The van der Waals surface area contributed by atoms with E-state index >= 15 is 0 Å². The molecule has 0 aliphatic rings. The maximum absolute atomic E-state index is 13.1. The quantitative estimate of drug-likeness (QED) is 0.200. The molecule has 0 radical (unpaired) electrons. The van der Waals surface area contributed by atoms with E-state index in [-0.39, 0.29) is 17.2 Å². The lowest BCUT2D eigenvalue weighted by atomic mass is 10.2. The topological polar surface area (TPSA) is 116 Å². The number of hydrogen-bond acceptors (Lipinski definition) is 5. The van der Waals surface area contributed by atoms with Gasteiger partial charge >= 0.3 is 5.69 Å². The molecule has 0 atom stereocenters. The molecule has 0 bridgehead atoms. The largest absolute Gasteiger partial charge is 0.370 e. The van der Waals surface area contributed by atoms with Gasteiger partial charge in [0.25, 0.3) is 5.56 Å². The van der Waals surface area contributed by atoms with Crippen LogP contribution >= 0.6 is 11.8 Å². The van der Waals surface area contributed by atoms with Gasteiger partial charge in [-0.05, 0) is 43.5 Å². The number of H-pyrrole nitrogens is 1. The lowest BCUT2D eigenvalue weighted by Gasteiger charge is -2.13. The molecular formula is C24H27N5O3S. The Morgan fingerprint density at radius 2 is 1.70 bits per heavy atom. The third-order valence-corrected chi connectivity index (χ3v) is 6.63. The number of carbonyl (C=O) groups excluding carboxylic acids is 1. The summed E-state index contributed by atoms with van der Waals surface area (Å²) < 4.78 is 3.48. The maximum atomic E-state index is 13.1. The average Bonchev–Trinajstić information content (AvgIpc) is 3.13. The minimum Gasteiger partial charge on any atom is -0.370 e. The maximum Gasteiger partial charge on any atom is 0.326 e. The van der Waals surface area contributed by atoms with Crippen LogP contribution < -0.4 is 17.0 Å². The van der Waals surface area contributed by atoms with Gasteiger partial charge in [0.1, 0.15) is 0 Å². The van der Waals surface area contributed by atoms with Crippen molar-refractivity contribution in [3.8, 4) is 0 Å². The van der Waals surface area contributed by atoms with E-state index in [0.717, 1.165) is 36.0 Å². The standard InChI is InChI=1S/C24H27N5O3S/c25-21(30)13-2-1-7-14-29-22(31)17-9-3-4-10-18(17)27-24(29)33-16-8-15-28-20-12-6-5-11-19(20)26-23(28)32/h3-6,9-12H,1-2,7-8,13-16H2,(H2,25,30)(H,26,32). The SMILES string of the molecule is NC(=O)CCCCCn1c(SCCCn2c(=O)[nH]c3ccccc32)nc2ccccc2c1=O. The fourth-order valence-corrected chi connectivity index (χ4v) is 4.86. The highest BCUT2D eigenvalue weighted by Crippen LogP contribution is 2.20. The van der Waals surface area contributed by atoms with E-state index < -0.39 is 0 Å². The normalized spacial score (nSPS) is 11.4. The van der Waals surface area contributed by atoms with E-state index in [1.807, 2.05) is 42.5 Å². The van der Waals surface area contributed by atoms with Crippen LogP contribution in [0.3, 0.4) is 0 Å². The monoisotopic (exact) mass is 465 g/mol. The highest BCUT2D eigenvalue weighted by Gasteiger charge is 2.12. The molecule has 0 saturated carbocycles. The molecule has 4 aromatic rings. The number of aryl methyl sites for hydroxylation is 1. The molecule has 2 aromatic carbocycles. The number of rotatable bonds is 11. The van der Waals surface area contributed by atoms with Crippen LogP contribution in [0.5, 0.6) is 0 Å². The molecule has 0 fully saturated rings. The number of benzene rings is 2. The van der Waals surface area contributed by atoms with E-state index in [4.69, 9.17) is 10.7 Å². The molecule has 4 rings (SSSR count). The van der Waals surface area contributed by atoms with Crippen molar-refractivity contribution in [3.05, 3.63) is 69.4 Å². The number of nitrogens with one attached hydrogen (secondary N) is 1. The zero-order valence-corrected chi connectivity index (χ0v) is 19.1. The van der Waals surface area contributed by atoms with Gasteiger partial charge in [-0.3, -0.25) is 18.7 Å². The second-order valence-electron chi connectivity index (χ2n) is 7.95. The minimum atomic E-state index is -0.301. The lowest BCUT2D eigenvalue weighted by Crippen LogP contribution is -2.23. The fourth-order valence-electron chi connectivity index (χ4n) is 3.92. The van der Waals surface area contributed by atoms with Gasteiger partial charge in [-0.1, -0.05) is 42.4 Å². The number of nitrogens with two attached hydrogens (primary N) is 1. The minimum absolute atomic E-state index is 0.0501. The fraction of sp³-hybridized carbons (Fsp3) is 0.333. The Bertz CT molecular complexity index is 1390. The van der Waals surface area contributed by atoms with Crippen molar-refractivity contribution in [3.63, 3.8) is 0 Å². The molecule has 8 nitrogen and oxygen atoms in total. The highest BCUT2D eigenvalue weighted by molar-refractivity contribution is 7.99. The molecule has 172 valence electrons. The van der Waals surface area contributed by atoms with Crippen LogP contribution in [0.4, 0.5) is 0 Å². The molecule has 33 heavy (non-hydrogen) atoms. The summed E-state index contributed by atoms with van der Waals surface area (Å²) in [6.45, 7) is 1.13. The van der Waals surface area contributed by atoms with Gasteiger partial charge in [-0.25, -0.2) is 9.78 Å². The number of amides is 1. The molecule has 9 heteroatoms. The number of unbranched alkanes of at least 4 members (excludes halogenated alkanes) is 2. The Kier molecular flexibility index (Phi) is 7.29. The first-order valence-corrected chi connectivity index (χ1v) is 12.1. The Hall–Kier alpha value is -3.33. The van der Waals surface area contributed by atoms with Crippen LogP contribution in [-0.2, 0) is 17.9 Å². The summed E-state index contributed by atoms with van der Waals surface area (Å²) in [6, 6.07) is 15.0. The van der Waals surface area contributed by atoms with Crippen LogP contribution in [0.25, 0.3) is 21.9 Å². The van der Waals surface area contributed by atoms with E-state index in [0.29, 0.717) is 42.0 Å². The Labute approximate surface area is 194 Å². The van der Waals surface area contributed by atoms with E-state index in [1.165, 1.54) is 11.8 Å². The number of aromatic nitrogens is 4. The molecule has 0 unspecified atom stereocenters. The van der Waals surface area contributed by atoms with Crippen LogP contribution in [0, 0.1) is 0 Å². The predicted molar refractivity (Wildman–Crippen MR) is 132 cm³/mol. The summed E-state index contributed by atoms with van der Waals surface area (Å²) in [7, 11) is 0. The zero-order chi connectivity index (χ0) is 23.2. The molecule has 2 aromatic heterocycles. The second kappa shape index (κ2) is 10.5. The molecule has 0 saturated heterocycles. The number of para-hydroxylation sites is 3. The predicted octanol–water partition coefficient (Wildman–Crippen LogP) is 3.27. The smallest absolute Gasteiger partial charge is 0.326 e. The molecule has 2 heterocycles. The number of carbonyl (C=O) groups is 1. The number of thioether (sulfide) groups is 1. The molecular weight excluding hydrogens is 438 g/mol. The highest BCUT2D eigenvalue weighted by atomic mass is 32.2. The van der Waals surface area contributed by atoms with Crippen molar-refractivity contribution in [2.24, 2.45) is 5.73 Å². The zero-order valence-electron chi connectivity index (χ0n) is 18.3. The summed E-state index contributed by atoms with van der Waals surface area (Å²) in [5.74, 6) is 0.420. The first-order valence-electron chi connectivity index (χ1n) is 11.1. The van der Waals surface area contributed by atoms with Crippen LogP contribution in [-0.4, -0.2) is 30.8 Å². The third-order valence-electron chi connectivity index (χ3n) is 5.57. The number of aromatic amines is 1. The van der Waals surface area contributed by atoms with Crippen molar-refractivity contribution in [2.45, 2.75) is 50.4 Å². The van der Waals surface area contributed by atoms with Crippen molar-refractivity contribution >= 4 is 39.6 Å². The second-order valence-corrected chi connectivity index (χ2v) is 9.01. The van der Waals surface area contributed by atoms with E-state index in [9.17, 15) is 14.4 Å². The Morgan fingerprint density at radius 1 is 0.939 bits per heavy atom. The van der Waals surface area contributed by atoms with Gasteiger partial charge in [-0.2, -0.15) is 0 Å². The summed E-state index contributed by atoms with van der Waals surface area (Å²) in [5, 5.41) is 1.28. The summed E-state index contributed by atoms with van der Waals surface area (Å²) in [6.07, 6.45) is 3.42. The van der Waals surface area contributed by atoms with Gasteiger partial charge in [0.05, 0.1) is 21.9 Å². The summed E-state index contributed by atoms with van der Waals surface area (Å²) >= 11 is 1.53. The number of nitrogens with zero attached hydrogens (tertiary/aromatic N) is 3. The average molecular weight is 466 g/mol. The first-order chi connectivity index (χ1) is 16.0. The molecule has 3 N–H and O–H groups in total. The first kappa shape index (κ1) is 22.8. The van der Waals surface area contributed by atoms with Crippen LogP contribution in [0.15, 0.2) is 63.3 Å².